The molecule has 1 atom stereocenters. The van der Waals surface area contributed by atoms with Crippen LogP contribution in [0.15, 0.2) is 71.6 Å². The zero-order chi connectivity index (χ0) is 31.0. The maximum atomic E-state index is 14.1. The number of carbonyl (C=O) groups is 2. The summed E-state index contributed by atoms with van der Waals surface area (Å²) in [5.74, 6) is -1.47. The summed E-state index contributed by atoms with van der Waals surface area (Å²) in [5.41, 5.74) is 0.601. The molecule has 2 amide bonds. The molecule has 0 bridgehead atoms. The van der Waals surface area contributed by atoms with E-state index < -0.39 is 40.2 Å². The molecule has 12 heteroatoms. The summed E-state index contributed by atoms with van der Waals surface area (Å²) in [6, 6.07) is 13.4. The zero-order valence-electron chi connectivity index (χ0n) is 24.1. The Morgan fingerprint density at radius 3 is 2.16 bits per heavy atom. The molecule has 0 saturated heterocycles. The fraction of sp³-hybridized carbons (Fsp3) is 0.355. The maximum absolute atomic E-state index is 14.1. The smallest absolute Gasteiger partial charge is 0.264 e. The fourth-order valence-corrected chi connectivity index (χ4v) is 6.09. The van der Waals surface area contributed by atoms with Crippen LogP contribution in [0.3, 0.4) is 0 Å². The molecule has 0 saturated carbocycles. The maximum Gasteiger partial charge on any atom is 0.264 e. The van der Waals surface area contributed by atoms with E-state index in [9.17, 15) is 26.8 Å². The molecule has 230 valence electrons. The van der Waals surface area contributed by atoms with Gasteiger partial charge in [0.25, 0.3) is 10.0 Å². The van der Waals surface area contributed by atoms with Gasteiger partial charge in [-0.15, -0.1) is 0 Å². The molecule has 1 aliphatic rings. The third-order valence-corrected chi connectivity index (χ3v) is 8.75. The van der Waals surface area contributed by atoms with Crippen LogP contribution in [0.25, 0.3) is 0 Å². The monoisotopic (exact) mass is 615 g/mol. The van der Waals surface area contributed by atoms with E-state index in [2.05, 4.69) is 5.32 Å². The van der Waals surface area contributed by atoms with Gasteiger partial charge in [-0.1, -0.05) is 32.4 Å². The topological polar surface area (TPSA) is 105 Å². The standard InChI is InChI=1S/C31H35F2N3O6S/c1-3-5-16-34-31(38)27(4-2)35(20-22-6-8-23(32)9-7-22)30(37)21-36(25-12-10-24(33)11-13-25)43(39,40)26-14-15-28-29(19-26)42-18-17-41-28/h6-15,19,27H,3-5,16-18,20-21H2,1-2H3,(H,34,38)/t27-/m1/s1. The molecule has 9 nitrogen and oxygen atoms in total. The second-order valence-electron chi connectivity index (χ2n) is 10.0. The Balaban J connectivity index is 1.72. The van der Waals surface area contributed by atoms with Gasteiger partial charge in [0.1, 0.15) is 37.4 Å². The number of amides is 2. The van der Waals surface area contributed by atoms with E-state index in [0.717, 1.165) is 29.3 Å². The molecule has 0 spiro atoms. The summed E-state index contributed by atoms with van der Waals surface area (Å²) in [6.07, 6.45) is 1.86. The second-order valence-corrected chi connectivity index (χ2v) is 11.9. The number of ether oxygens (including phenoxy) is 2. The van der Waals surface area contributed by atoms with Gasteiger partial charge in [-0.05, 0) is 66.9 Å². The number of hydrogen-bond acceptors (Lipinski definition) is 6. The predicted octanol–water partition coefficient (Wildman–Crippen LogP) is 4.66. The van der Waals surface area contributed by atoms with Gasteiger partial charge in [0.05, 0.1) is 10.6 Å². The summed E-state index contributed by atoms with van der Waals surface area (Å²) in [7, 11) is -4.40. The van der Waals surface area contributed by atoms with Gasteiger partial charge < -0.3 is 19.7 Å². The van der Waals surface area contributed by atoms with Crippen LogP contribution >= 0.6 is 0 Å². The number of carbonyl (C=O) groups excluding carboxylic acids is 2. The van der Waals surface area contributed by atoms with Gasteiger partial charge in [-0.2, -0.15) is 0 Å². The molecule has 1 aliphatic heterocycles. The Bertz CT molecular complexity index is 1520. The third-order valence-electron chi connectivity index (χ3n) is 6.98. The SMILES string of the molecule is CCCCNC(=O)[C@@H](CC)N(Cc1ccc(F)cc1)C(=O)CN(c1ccc(F)cc1)S(=O)(=O)c1ccc2c(c1)OCCO2. The van der Waals surface area contributed by atoms with Crippen molar-refractivity contribution in [1.82, 2.24) is 10.2 Å². The molecular formula is C31H35F2N3O6S. The average Bonchev–Trinajstić information content (AvgIpc) is 3.01. The third kappa shape index (κ3) is 7.81. The Morgan fingerprint density at radius 1 is 0.907 bits per heavy atom. The number of rotatable bonds is 13. The van der Waals surface area contributed by atoms with Crippen molar-refractivity contribution < 1.29 is 36.3 Å². The Hall–Kier alpha value is -4.19. The van der Waals surface area contributed by atoms with Crippen molar-refractivity contribution in [3.8, 4) is 11.5 Å². The normalized spacial score (nSPS) is 13.2. The van der Waals surface area contributed by atoms with Crippen LogP contribution in [0.2, 0.25) is 0 Å². The molecule has 0 aliphatic carbocycles. The number of halogens is 2. The number of sulfonamides is 1. The molecule has 0 fully saturated rings. The largest absolute Gasteiger partial charge is 0.486 e. The van der Waals surface area contributed by atoms with Crippen molar-refractivity contribution in [2.45, 2.75) is 50.6 Å². The van der Waals surface area contributed by atoms with E-state index >= 15 is 0 Å². The predicted molar refractivity (Wildman–Crippen MR) is 157 cm³/mol. The van der Waals surface area contributed by atoms with E-state index in [0.29, 0.717) is 24.5 Å². The second kappa shape index (κ2) is 14.3. The summed E-state index contributed by atoms with van der Waals surface area (Å²) < 4.78 is 67.5. The lowest BCUT2D eigenvalue weighted by Gasteiger charge is -2.33. The van der Waals surface area contributed by atoms with Crippen molar-refractivity contribution >= 4 is 27.5 Å². The Morgan fingerprint density at radius 2 is 1.53 bits per heavy atom. The van der Waals surface area contributed by atoms with Crippen LogP contribution in [-0.2, 0) is 26.2 Å². The number of anilines is 1. The molecule has 4 rings (SSSR count). The van der Waals surface area contributed by atoms with Gasteiger partial charge in [0, 0.05) is 19.2 Å². The highest BCUT2D eigenvalue weighted by molar-refractivity contribution is 7.92. The molecule has 3 aromatic carbocycles. The number of fused-ring (bicyclic) bond motifs is 1. The minimum atomic E-state index is -4.40. The number of hydrogen-bond donors (Lipinski definition) is 1. The molecule has 0 unspecified atom stereocenters. The van der Waals surface area contributed by atoms with E-state index in [1.165, 1.54) is 59.5 Å². The summed E-state index contributed by atoms with van der Waals surface area (Å²) in [5, 5.41) is 2.85. The minimum absolute atomic E-state index is 0.0480. The van der Waals surface area contributed by atoms with Crippen molar-refractivity contribution in [2.75, 3.05) is 30.6 Å². The minimum Gasteiger partial charge on any atom is -0.486 e. The van der Waals surface area contributed by atoms with E-state index in [1.54, 1.807) is 6.92 Å². The van der Waals surface area contributed by atoms with Gasteiger partial charge in [0.15, 0.2) is 11.5 Å². The first-order valence-electron chi connectivity index (χ1n) is 14.1. The molecular weight excluding hydrogens is 580 g/mol. The molecule has 0 aromatic heterocycles. The zero-order valence-corrected chi connectivity index (χ0v) is 24.9. The van der Waals surface area contributed by atoms with Crippen molar-refractivity contribution in [3.05, 3.63) is 83.9 Å². The van der Waals surface area contributed by atoms with Gasteiger partial charge in [-0.3, -0.25) is 13.9 Å². The number of benzene rings is 3. The first-order valence-corrected chi connectivity index (χ1v) is 15.6. The highest BCUT2D eigenvalue weighted by Gasteiger charge is 2.34. The van der Waals surface area contributed by atoms with Crippen molar-refractivity contribution in [3.63, 3.8) is 0 Å². The van der Waals surface area contributed by atoms with E-state index in [4.69, 9.17) is 9.47 Å². The van der Waals surface area contributed by atoms with Crippen LogP contribution in [0.5, 0.6) is 11.5 Å². The summed E-state index contributed by atoms with van der Waals surface area (Å²) in [6.45, 7) is 3.96. The van der Waals surface area contributed by atoms with Crippen molar-refractivity contribution in [1.29, 1.82) is 0 Å². The Kier molecular flexibility index (Phi) is 10.6. The lowest BCUT2D eigenvalue weighted by molar-refractivity contribution is -0.140. The highest BCUT2D eigenvalue weighted by Crippen LogP contribution is 2.34. The number of nitrogens with zero attached hydrogens (tertiary/aromatic N) is 2. The first-order chi connectivity index (χ1) is 20.6. The van der Waals surface area contributed by atoms with Crippen LogP contribution in [0.1, 0.15) is 38.7 Å². The van der Waals surface area contributed by atoms with Gasteiger partial charge in [0.2, 0.25) is 11.8 Å². The van der Waals surface area contributed by atoms with Crippen molar-refractivity contribution in [2.24, 2.45) is 0 Å². The molecule has 1 N–H and O–H groups in total. The molecule has 0 radical (unpaired) electrons. The summed E-state index contributed by atoms with van der Waals surface area (Å²) in [4.78, 5) is 28.4. The highest BCUT2D eigenvalue weighted by atomic mass is 32.2. The average molecular weight is 616 g/mol. The van der Waals surface area contributed by atoms with Crippen LogP contribution in [0.4, 0.5) is 14.5 Å². The molecule has 3 aromatic rings. The van der Waals surface area contributed by atoms with Gasteiger partial charge in [-0.25, -0.2) is 17.2 Å². The quantitative estimate of drug-likeness (QED) is 0.281. The van der Waals surface area contributed by atoms with Crippen LogP contribution < -0.4 is 19.1 Å². The van der Waals surface area contributed by atoms with Crippen LogP contribution in [-0.4, -0.2) is 57.5 Å². The fourth-order valence-electron chi connectivity index (χ4n) is 4.66. The number of unbranched alkanes of at least 4 members (excludes halogenated alkanes) is 1. The van der Waals surface area contributed by atoms with Crippen LogP contribution in [0, 0.1) is 11.6 Å². The summed E-state index contributed by atoms with van der Waals surface area (Å²) >= 11 is 0. The Labute approximate surface area is 250 Å². The first kappa shape index (κ1) is 31.7. The number of nitrogens with one attached hydrogen (secondary N) is 1. The lowest BCUT2D eigenvalue weighted by Crippen LogP contribution is -2.52. The lowest BCUT2D eigenvalue weighted by atomic mass is 10.1. The van der Waals surface area contributed by atoms with E-state index in [-0.39, 0.29) is 41.8 Å². The molecule has 43 heavy (non-hydrogen) atoms. The molecule has 1 heterocycles. The van der Waals surface area contributed by atoms with Gasteiger partial charge >= 0.3 is 0 Å². The van der Waals surface area contributed by atoms with E-state index in [1.807, 2.05) is 6.92 Å².